The third-order valence-corrected chi connectivity index (χ3v) is 3.43. The standard InChI is InChI=1S/C12H27O6P/c13-7-1-4-10-16-19(17-11-5-2-8-14)18-12-6-3-9-15/h13-15H,1-12H2. The molecule has 0 rings (SSSR count). The van der Waals surface area contributed by atoms with E-state index in [0.717, 1.165) is 19.3 Å². The molecule has 0 fully saturated rings. The van der Waals surface area contributed by atoms with Gasteiger partial charge in [0, 0.05) is 19.8 Å². The van der Waals surface area contributed by atoms with Crippen molar-refractivity contribution in [3.63, 3.8) is 0 Å². The van der Waals surface area contributed by atoms with Crippen LogP contribution < -0.4 is 0 Å². The van der Waals surface area contributed by atoms with E-state index in [1.54, 1.807) is 0 Å². The molecule has 6 nitrogen and oxygen atoms in total. The Bertz CT molecular complexity index is 144. The summed E-state index contributed by atoms with van der Waals surface area (Å²) in [5.41, 5.74) is 0. The molecule has 7 heteroatoms. The highest BCUT2D eigenvalue weighted by atomic mass is 31.2. The van der Waals surface area contributed by atoms with Gasteiger partial charge in [0.05, 0.1) is 19.8 Å². The third kappa shape index (κ3) is 14.4. The first-order chi connectivity index (χ1) is 9.35. The molecule has 0 heterocycles. The van der Waals surface area contributed by atoms with Gasteiger partial charge in [0.15, 0.2) is 0 Å². The van der Waals surface area contributed by atoms with Crippen LogP contribution >= 0.6 is 8.60 Å². The summed E-state index contributed by atoms with van der Waals surface area (Å²) in [6, 6.07) is 0. The monoisotopic (exact) mass is 298 g/mol. The molecule has 0 aliphatic heterocycles. The highest BCUT2D eigenvalue weighted by molar-refractivity contribution is 7.41. The maximum Gasteiger partial charge on any atom is 0.332 e. The molecule has 0 aromatic heterocycles. The molecule has 0 aromatic rings. The molecule has 0 amide bonds. The zero-order chi connectivity index (χ0) is 14.2. The molecule has 0 aliphatic rings. The highest BCUT2D eigenvalue weighted by Crippen LogP contribution is 2.40. The summed E-state index contributed by atoms with van der Waals surface area (Å²) in [5, 5.41) is 26.0. The van der Waals surface area contributed by atoms with Crippen molar-refractivity contribution in [2.45, 2.75) is 38.5 Å². The van der Waals surface area contributed by atoms with Crippen molar-refractivity contribution in [1.29, 1.82) is 0 Å². The van der Waals surface area contributed by atoms with Crippen LogP contribution in [0.3, 0.4) is 0 Å². The van der Waals surface area contributed by atoms with Crippen LogP contribution in [-0.2, 0) is 13.6 Å². The lowest BCUT2D eigenvalue weighted by Crippen LogP contribution is -2.01. The molecule has 116 valence electrons. The van der Waals surface area contributed by atoms with E-state index in [4.69, 9.17) is 28.9 Å². The number of hydrogen-bond donors (Lipinski definition) is 3. The van der Waals surface area contributed by atoms with Gasteiger partial charge in [-0.05, 0) is 38.5 Å². The van der Waals surface area contributed by atoms with Crippen molar-refractivity contribution in [2.75, 3.05) is 39.6 Å². The smallest absolute Gasteiger partial charge is 0.332 e. The van der Waals surface area contributed by atoms with Crippen molar-refractivity contribution < 1.29 is 28.9 Å². The van der Waals surface area contributed by atoms with Crippen molar-refractivity contribution in [2.24, 2.45) is 0 Å². The van der Waals surface area contributed by atoms with Gasteiger partial charge in [0.25, 0.3) is 0 Å². The lowest BCUT2D eigenvalue weighted by atomic mass is 10.3. The quantitative estimate of drug-likeness (QED) is 0.314. The van der Waals surface area contributed by atoms with Crippen molar-refractivity contribution >= 4 is 8.60 Å². The Morgan fingerprint density at radius 1 is 0.526 bits per heavy atom. The van der Waals surface area contributed by atoms with Crippen LogP contribution in [0.4, 0.5) is 0 Å². The van der Waals surface area contributed by atoms with Crippen LogP contribution in [0.15, 0.2) is 0 Å². The van der Waals surface area contributed by atoms with Gasteiger partial charge in [-0.25, -0.2) is 0 Å². The Balaban J connectivity index is 3.66. The summed E-state index contributed by atoms with van der Waals surface area (Å²) >= 11 is 0. The van der Waals surface area contributed by atoms with E-state index in [2.05, 4.69) is 0 Å². The minimum absolute atomic E-state index is 0.163. The number of hydrogen-bond acceptors (Lipinski definition) is 6. The Labute approximate surface area is 116 Å². The predicted molar refractivity (Wildman–Crippen MR) is 73.7 cm³/mol. The highest BCUT2D eigenvalue weighted by Gasteiger charge is 2.12. The average molecular weight is 298 g/mol. The topological polar surface area (TPSA) is 88.4 Å². The second-order valence-corrected chi connectivity index (χ2v) is 5.24. The Morgan fingerprint density at radius 3 is 1.11 bits per heavy atom. The molecule has 0 atom stereocenters. The SMILES string of the molecule is OCCCCOP(OCCCCO)OCCCCO. The third-order valence-electron chi connectivity index (χ3n) is 2.25. The van der Waals surface area contributed by atoms with Gasteiger partial charge in [0.1, 0.15) is 0 Å². The van der Waals surface area contributed by atoms with E-state index in [1.165, 1.54) is 0 Å². The molecular weight excluding hydrogens is 271 g/mol. The van der Waals surface area contributed by atoms with Gasteiger partial charge in [-0.2, -0.15) is 0 Å². The summed E-state index contributed by atoms with van der Waals surface area (Å²) in [5.74, 6) is 0. The van der Waals surface area contributed by atoms with E-state index in [1.807, 2.05) is 0 Å². The maximum absolute atomic E-state index is 8.67. The molecule has 0 radical (unpaired) electrons. The van der Waals surface area contributed by atoms with E-state index in [9.17, 15) is 0 Å². The van der Waals surface area contributed by atoms with E-state index in [0.29, 0.717) is 39.1 Å². The molecule has 3 N–H and O–H groups in total. The van der Waals surface area contributed by atoms with Crippen molar-refractivity contribution in [3.05, 3.63) is 0 Å². The summed E-state index contributed by atoms with van der Waals surface area (Å²) in [4.78, 5) is 0. The molecule has 0 aliphatic carbocycles. The number of unbranched alkanes of at least 4 members (excludes halogenated alkanes) is 3. The molecule has 0 unspecified atom stereocenters. The average Bonchev–Trinajstić information content (AvgIpc) is 2.43. The van der Waals surface area contributed by atoms with Gasteiger partial charge in [0.2, 0.25) is 0 Å². The van der Waals surface area contributed by atoms with E-state index < -0.39 is 8.60 Å². The first-order valence-corrected chi connectivity index (χ1v) is 7.96. The van der Waals surface area contributed by atoms with Gasteiger partial charge in [-0.3, -0.25) is 0 Å². The summed E-state index contributed by atoms with van der Waals surface area (Å²) in [7, 11) is -1.36. The lowest BCUT2D eigenvalue weighted by molar-refractivity contribution is 0.146. The normalized spacial score (nSPS) is 11.4. The lowest BCUT2D eigenvalue weighted by Gasteiger charge is -2.16. The van der Waals surface area contributed by atoms with Crippen LogP contribution in [0.2, 0.25) is 0 Å². The Hall–Kier alpha value is 0.190. The van der Waals surface area contributed by atoms with Gasteiger partial charge in [-0.15, -0.1) is 0 Å². The van der Waals surface area contributed by atoms with Crippen LogP contribution in [0.25, 0.3) is 0 Å². The van der Waals surface area contributed by atoms with E-state index >= 15 is 0 Å². The number of aliphatic hydroxyl groups excluding tert-OH is 3. The summed E-state index contributed by atoms with van der Waals surface area (Å²) in [6.07, 6.45) is 4.44. The summed E-state index contributed by atoms with van der Waals surface area (Å²) in [6.45, 7) is 2.01. The van der Waals surface area contributed by atoms with Crippen molar-refractivity contribution in [1.82, 2.24) is 0 Å². The minimum atomic E-state index is -1.36. The fourth-order valence-electron chi connectivity index (χ4n) is 1.17. The Kier molecular flexibility index (Phi) is 16.4. The van der Waals surface area contributed by atoms with Crippen LogP contribution in [0.1, 0.15) is 38.5 Å². The second-order valence-electron chi connectivity index (χ2n) is 4.02. The van der Waals surface area contributed by atoms with Gasteiger partial charge < -0.3 is 28.9 Å². The van der Waals surface area contributed by atoms with Crippen LogP contribution in [-0.4, -0.2) is 55.0 Å². The predicted octanol–water partition coefficient (Wildman–Crippen LogP) is 1.58. The zero-order valence-electron chi connectivity index (χ0n) is 11.5. The van der Waals surface area contributed by atoms with Crippen LogP contribution in [0, 0.1) is 0 Å². The fraction of sp³-hybridized carbons (Fsp3) is 1.00. The number of rotatable bonds is 15. The summed E-state index contributed by atoms with van der Waals surface area (Å²) < 4.78 is 16.5. The van der Waals surface area contributed by atoms with E-state index in [-0.39, 0.29) is 19.8 Å². The molecule has 19 heavy (non-hydrogen) atoms. The second kappa shape index (κ2) is 16.2. The molecule has 0 spiro atoms. The maximum atomic E-state index is 8.67. The van der Waals surface area contributed by atoms with Crippen LogP contribution in [0.5, 0.6) is 0 Å². The fourth-order valence-corrected chi connectivity index (χ4v) is 2.23. The molecular formula is C12H27O6P. The first-order valence-electron chi connectivity index (χ1n) is 6.86. The largest absolute Gasteiger partial charge is 0.396 e. The molecule has 0 saturated heterocycles. The van der Waals surface area contributed by atoms with Gasteiger partial charge >= 0.3 is 8.60 Å². The zero-order valence-corrected chi connectivity index (χ0v) is 12.4. The first kappa shape index (κ1) is 19.2. The molecule has 0 bridgehead atoms. The molecule has 0 saturated carbocycles. The minimum Gasteiger partial charge on any atom is -0.396 e. The Morgan fingerprint density at radius 2 is 0.842 bits per heavy atom. The molecule has 0 aromatic carbocycles. The number of aliphatic hydroxyl groups is 3. The van der Waals surface area contributed by atoms with Crippen molar-refractivity contribution in [3.8, 4) is 0 Å². The van der Waals surface area contributed by atoms with Gasteiger partial charge in [-0.1, -0.05) is 0 Å².